The standard InChI is InChI=1S/C25H19NO3/c1-14-18-9-6-10-21(27)22(18)15(2)23-19-13-17(11-12-20(19)26-24(14)23)29-25(28)16-7-4-3-5-8-16/h3-9,11-13,26H,10H2,1-2H3. The highest BCUT2D eigenvalue weighted by Crippen LogP contribution is 2.38. The third-order valence-electron chi connectivity index (χ3n) is 5.66. The maximum atomic E-state index is 12.6. The van der Waals surface area contributed by atoms with Gasteiger partial charge in [-0.1, -0.05) is 30.4 Å². The number of hydrogen-bond acceptors (Lipinski definition) is 3. The molecule has 29 heavy (non-hydrogen) atoms. The molecule has 0 spiro atoms. The van der Waals surface area contributed by atoms with Gasteiger partial charge in [0.2, 0.25) is 0 Å². The molecule has 1 aliphatic rings. The number of ether oxygens (including phenoxy) is 1. The molecule has 0 bridgehead atoms. The summed E-state index contributed by atoms with van der Waals surface area (Å²) in [6.45, 7) is 4.03. The van der Waals surface area contributed by atoms with E-state index in [1.54, 1.807) is 30.3 Å². The number of rotatable bonds is 2. The van der Waals surface area contributed by atoms with Crippen molar-refractivity contribution in [1.82, 2.24) is 4.98 Å². The summed E-state index contributed by atoms with van der Waals surface area (Å²) in [6, 6.07) is 14.5. The molecule has 1 aromatic heterocycles. The Balaban J connectivity index is 1.68. The molecule has 1 N–H and O–H groups in total. The van der Waals surface area contributed by atoms with Crippen LogP contribution in [-0.2, 0) is 0 Å². The van der Waals surface area contributed by atoms with Crippen molar-refractivity contribution < 1.29 is 14.3 Å². The van der Waals surface area contributed by atoms with E-state index in [2.05, 4.69) is 4.98 Å². The van der Waals surface area contributed by atoms with Crippen molar-refractivity contribution in [3.63, 3.8) is 0 Å². The van der Waals surface area contributed by atoms with Gasteiger partial charge < -0.3 is 9.72 Å². The number of carbonyl (C=O) groups excluding carboxylic acids is 2. The quantitative estimate of drug-likeness (QED) is 0.355. The number of aromatic amines is 1. The fourth-order valence-corrected chi connectivity index (χ4v) is 4.25. The maximum Gasteiger partial charge on any atom is 0.343 e. The average molecular weight is 381 g/mol. The summed E-state index contributed by atoms with van der Waals surface area (Å²) >= 11 is 0. The van der Waals surface area contributed by atoms with E-state index in [1.807, 2.05) is 44.2 Å². The van der Waals surface area contributed by atoms with Crippen LogP contribution in [0.15, 0.2) is 54.6 Å². The van der Waals surface area contributed by atoms with Crippen LogP contribution in [0.3, 0.4) is 0 Å². The minimum atomic E-state index is -0.393. The highest BCUT2D eigenvalue weighted by Gasteiger charge is 2.23. The number of nitrogens with one attached hydrogen (secondary N) is 1. The fraction of sp³-hybridized carbons (Fsp3) is 0.120. The average Bonchev–Trinajstić information content (AvgIpc) is 3.12. The molecule has 0 saturated carbocycles. The molecule has 1 aliphatic carbocycles. The number of ketones is 1. The predicted octanol–water partition coefficient (Wildman–Crippen LogP) is 5.76. The molecule has 0 saturated heterocycles. The summed E-state index contributed by atoms with van der Waals surface area (Å²) in [5.74, 6) is 0.231. The molecule has 4 aromatic rings. The molecule has 0 amide bonds. The zero-order valence-corrected chi connectivity index (χ0v) is 16.2. The number of carbonyl (C=O) groups is 2. The zero-order valence-electron chi connectivity index (χ0n) is 16.2. The number of benzene rings is 3. The van der Waals surface area contributed by atoms with Crippen molar-refractivity contribution in [3.05, 3.63) is 82.4 Å². The Morgan fingerprint density at radius 2 is 1.83 bits per heavy atom. The number of Topliss-reactive ketones (excluding diaryl/α,β-unsaturated/α-hetero) is 1. The van der Waals surface area contributed by atoms with Crippen molar-refractivity contribution in [1.29, 1.82) is 0 Å². The third-order valence-corrected chi connectivity index (χ3v) is 5.66. The van der Waals surface area contributed by atoms with Crippen molar-refractivity contribution in [2.24, 2.45) is 0 Å². The van der Waals surface area contributed by atoms with E-state index >= 15 is 0 Å². The Bertz CT molecular complexity index is 1340. The molecular weight excluding hydrogens is 362 g/mol. The van der Waals surface area contributed by atoms with Crippen LogP contribution in [0.4, 0.5) is 0 Å². The lowest BCUT2D eigenvalue weighted by Gasteiger charge is -2.17. The lowest BCUT2D eigenvalue weighted by atomic mass is 9.86. The molecule has 5 rings (SSSR count). The van der Waals surface area contributed by atoms with Gasteiger partial charge in [0.1, 0.15) is 5.75 Å². The van der Waals surface area contributed by atoms with Crippen LogP contribution in [0.1, 0.15) is 43.8 Å². The zero-order chi connectivity index (χ0) is 20.1. The Labute approximate surface area is 167 Å². The molecule has 142 valence electrons. The van der Waals surface area contributed by atoms with E-state index in [0.717, 1.165) is 44.1 Å². The van der Waals surface area contributed by atoms with Gasteiger partial charge in [0, 0.05) is 28.3 Å². The van der Waals surface area contributed by atoms with Crippen molar-refractivity contribution in [3.8, 4) is 5.75 Å². The largest absolute Gasteiger partial charge is 0.423 e. The predicted molar refractivity (Wildman–Crippen MR) is 115 cm³/mol. The van der Waals surface area contributed by atoms with Gasteiger partial charge in [0.25, 0.3) is 0 Å². The minimum absolute atomic E-state index is 0.144. The second-order valence-corrected chi connectivity index (χ2v) is 7.41. The maximum absolute atomic E-state index is 12.6. The highest BCUT2D eigenvalue weighted by molar-refractivity contribution is 6.16. The van der Waals surface area contributed by atoms with Crippen LogP contribution in [0.5, 0.6) is 5.75 Å². The third kappa shape index (κ3) is 2.68. The van der Waals surface area contributed by atoms with Crippen LogP contribution in [0.2, 0.25) is 0 Å². The smallest absolute Gasteiger partial charge is 0.343 e. The van der Waals surface area contributed by atoms with Gasteiger partial charge in [-0.3, -0.25) is 4.79 Å². The van der Waals surface area contributed by atoms with E-state index in [9.17, 15) is 9.59 Å². The molecule has 4 heteroatoms. The first-order chi connectivity index (χ1) is 14.0. The summed E-state index contributed by atoms with van der Waals surface area (Å²) in [5.41, 5.74) is 6.28. The Morgan fingerprint density at radius 1 is 1.03 bits per heavy atom. The second kappa shape index (κ2) is 6.45. The Hall–Kier alpha value is -3.66. The number of H-pyrrole nitrogens is 1. The minimum Gasteiger partial charge on any atom is -0.423 e. The summed E-state index contributed by atoms with van der Waals surface area (Å²) in [4.78, 5) is 28.5. The van der Waals surface area contributed by atoms with Crippen LogP contribution in [-0.4, -0.2) is 16.7 Å². The van der Waals surface area contributed by atoms with Gasteiger partial charge in [0.15, 0.2) is 5.78 Å². The lowest BCUT2D eigenvalue weighted by Crippen LogP contribution is -2.09. The van der Waals surface area contributed by atoms with E-state index in [4.69, 9.17) is 4.74 Å². The molecule has 4 nitrogen and oxygen atoms in total. The number of aromatic nitrogens is 1. The second-order valence-electron chi connectivity index (χ2n) is 7.41. The molecule has 0 radical (unpaired) electrons. The lowest BCUT2D eigenvalue weighted by molar-refractivity contribution is 0.0734. The molecule has 0 fully saturated rings. The van der Waals surface area contributed by atoms with Gasteiger partial charge in [-0.05, 0) is 60.9 Å². The number of esters is 1. The van der Waals surface area contributed by atoms with Crippen LogP contribution in [0.25, 0.3) is 27.9 Å². The van der Waals surface area contributed by atoms with Crippen molar-refractivity contribution >= 4 is 39.6 Å². The Morgan fingerprint density at radius 3 is 2.62 bits per heavy atom. The van der Waals surface area contributed by atoms with Crippen molar-refractivity contribution in [2.45, 2.75) is 20.3 Å². The van der Waals surface area contributed by atoms with E-state index in [1.165, 1.54) is 0 Å². The van der Waals surface area contributed by atoms with Crippen LogP contribution < -0.4 is 4.74 Å². The number of hydrogen-bond donors (Lipinski definition) is 1. The van der Waals surface area contributed by atoms with Gasteiger partial charge in [-0.2, -0.15) is 0 Å². The number of fused-ring (bicyclic) bond motifs is 4. The molecule has 3 aromatic carbocycles. The highest BCUT2D eigenvalue weighted by atomic mass is 16.5. The topological polar surface area (TPSA) is 59.2 Å². The Kier molecular flexibility index (Phi) is 3.88. The first kappa shape index (κ1) is 17.4. The van der Waals surface area contributed by atoms with Gasteiger partial charge in [-0.25, -0.2) is 4.79 Å². The van der Waals surface area contributed by atoms with Gasteiger partial charge in [0.05, 0.1) is 11.1 Å². The summed E-state index contributed by atoms with van der Waals surface area (Å²) in [7, 11) is 0. The molecule has 0 unspecified atom stereocenters. The first-order valence-corrected chi connectivity index (χ1v) is 9.60. The van der Waals surface area contributed by atoms with Gasteiger partial charge in [-0.15, -0.1) is 0 Å². The summed E-state index contributed by atoms with van der Waals surface area (Å²) in [6.07, 6.45) is 4.39. The monoisotopic (exact) mass is 381 g/mol. The van der Waals surface area contributed by atoms with E-state index in [0.29, 0.717) is 17.7 Å². The van der Waals surface area contributed by atoms with E-state index in [-0.39, 0.29) is 5.78 Å². The first-order valence-electron chi connectivity index (χ1n) is 9.60. The van der Waals surface area contributed by atoms with Crippen molar-refractivity contribution in [2.75, 3.05) is 0 Å². The number of allylic oxidation sites excluding steroid dienone is 1. The summed E-state index contributed by atoms with van der Waals surface area (Å²) in [5, 5.41) is 1.96. The molecule has 1 heterocycles. The normalized spacial score (nSPS) is 13.1. The molecule has 0 atom stereocenters. The fourth-order valence-electron chi connectivity index (χ4n) is 4.25. The molecule has 0 aliphatic heterocycles. The van der Waals surface area contributed by atoms with Gasteiger partial charge >= 0.3 is 5.97 Å². The molecular formula is C25H19NO3. The van der Waals surface area contributed by atoms with Crippen LogP contribution >= 0.6 is 0 Å². The van der Waals surface area contributed by atoms with Crippen LogP contribution in [0, 0.1) is 13.8 Å². The SMILES string of the molecule is Cc1c2c(c(C)c3c1[nH]c1ccc(OC(=O)c4ccccc4)cc13)C(=O)CC=C2. The summed E-state index contributed by atoms with van der Waals surface area (Å²) < 4.78 is 5.60. The van der Waals surface area contributed by atoms with E-state index < -0.39 is 5.97 Å². The number of aryl methyl sites for hydroxylation is 2.